The predicted octanol–water partition coefficient (Wildman–Crippen LogP) is 3.93. The molecule has 2 atom stereocenters. The summed E-state index contributed by atoms with van der Waals surface area (Å²) in [5.41, 5.74) is 0.884. The van der Waals surface area contributed by atoms with E-state index in [9.17, 15) is 14.7 Å². The predicted molar refractivity (Wildman–Crippen MR) is 108 cm³/mol. The van der Waals surface area contributed by atoms with Gasteiger partial charge in [-0.15, -0.1) is 0 Å². The van der Waals surface area contributed by atoms with Gasteiger partial charge in [0.1, 0.15) is 24.1 Å². The van der Waals surface area contributed by atoms with Gasteiger partial charge in [0.25, 0.3) is 0 Å². The summed E-state index contributed by atoms with van der Waals surface area (Å²) in [5.74, 6) is -0.591. The number of aliphatic carboxylic acids is 1. The molecule has 2 aromatic rings. The third-order valence-corrected chi connectivity index (χ3v) is 3.95. The zero-order valence-corrected chi connectivity index (χ0v) is 17.0. The van der Waals surface area contributed by atoms with Gasteiger partial charge in [-0.2, -0.15) is 0 Å². The molecule has 1 amide bonds. The lowest BCUT2D eigenvalue weighted by Crippen LogP contribution is -2.47. The highest BCUT2D eigenvalue weighted by Crippen LogP contribution is 2.24. The van der Waals surface area contributed by atoms with Gasteiger partial charge in [-0.25, -0.2) is 9.59 Å². The fraction of sp³-hybridized carbons (Fsp3) is 0.364. The van der Waals surface area contributed by atoms with Crippen LogP contribution in [0.15, 0.2) is 54.6 Å². The normalized spacial score (nSPS) is 13.2. The standard InChI is InChI=1S/C22H27NO6/c1-22(2,3)29-21(26)23-18(20(24)25)19(27-4)16-10-12-17(13-11-16)28-14-15-8-6-5-7-9-15/h5-13,18-19H,14H2,1-4H3,(H,23,26)(H,24,25)/t18-,19+/m0/s1. The Kier molecular flexibility index (Phi) is 7.61. The first-order valence-electron chi connectivity index (χ1n) is 9.21. The molecule has 2 rings (SSSR count). The lowest BCUT2D eigenvalue weighted by molar-refractivity contribution is -0.143. The zero-order chi connectivity index (χ0) is 21.4. The number of rotatable bonds is 8. The molecule has 0 heterocycles. The molecule has 0 aliphatic heterocycles. The molecule has 7 heteroatoms. The summed E-state index contributed by atoms with van der Waals surface area (Å²) >= 11 is 0. The first-order chi connectivity index (χ1) is 13.7. The Labute approximate surface area is 170 Å². The van der Waals surface area contributed by atoms with Gasteiger partial charge in [-0.3, -0.25) is 0 Å². The first kappa shape index (κ1) is 22.2. The van der Waals surface area contributed by atoms with Gasteiger partial charge < -0.3 is 24.6 Å². The van der Waals surface area contributed by atoms with Crippen LogP contribution in [0.5, 0.6) is 5.75 Å². The van der Waals surface area contributed by atoms with Crippen molar-refractivity contribution >= 4 is 12.1 Å². The summed E-state index contributed by atoms with van der Waals surface area (Å²) in [6.07, 6.45) is -1.72. The van der Waals surface area contributed by atoms with Gasteiger partial charge in [0.2, 0.25) is 0 Å². The average Bonchev–Trinajstić information content (AvgIpc) is 2.66. The maximum absolute atomic E-state index is 12.0. The highest BCUT2D eigenvalue weighted by molar-refractivity contribution is 5.81. The molecule has 0 bridgehead atoms. The van der Waals surface area contributed by atoms with Gasteiger partial charge in [0.05, 0.1) is 0 Å². The average molecular weight is 401 g/mol. The van der Waals surface area contributed by atoms with Gasteiger partial charge in [0, 0.05) is 7.11 Å². The highest BCUT2D eigenvalue weighted by Gasteiger charge is 2.32. The number of alkyl carbamates (subject to hydrolysis) is 1. The minimum Gasteiger partial charge on any atom is -0.489 e. The van der Waals surface area contributed by atoms with E-state index in [1.165, 1.54) is 7.11 Å². The number of ether oxygens (including phenoxy) is 3. The fourth-order valence-electron chi connectivity index (χ4n) is 2.66. The van der Waals surface area contributed by atoms with Crippen LogP contribution >= 0.6 is 0 Å². The van der Waals surface area contributed by atoms with E-state index in [4.69, 9.17) is 14.2 Å². The molecule has 0 saturated carbocycles. The van der Waals surface area contributed by atoms with E-state index in [1.807, 2.05) is 30.3 Å². The minimum absolute atomic E-state index is 0.422. The number of carbonyl (C=O) groups excluding carboxylic acids is 1. The lowest BCUT2D eigenvalue weighted by Gasteiger charge is -2.26. The number of amides is 1. The van der Waals surface area contributed by atoms with Crippen LogP contribution in [-0.2, 0) is 20.9 Å². The molecule has 0 aliphatic carbocycles. The second-order valence-corrected chi connectivity index (χ2v) is 7.46. The molecule has 0 spiro atoms. The van der Waals surface area contributed by atoms with Crippen LogP contribution in [0.25, 0.3) is 0 Å². The molecular weight excluding hydrogens is 374 g/mol. The monoisotopic (exact) mass is 401 g/mol. The van der Waals surface area contributed by atoms with E-state index in [2.05, 4.69) is 5.32 Å². The maximum Gasteiger partial charge on any atom is 0.408 e. The third-order valence-electron chi connectivity index (χ3n) is 3.95. The van der Waals surface area contributed by atoms with Crippen LogP contribution < -0.4 is 10.1 Å². The van der Waals surface area contributed by atoms with Crippen molar-refractivity contribution in [3.8, 4) is 5.75 Å². The molecule has 0 aliphatic rings. The molecule has 2 N–H and O–H groups in total. The van der Waals surface area contributed by atoms with E-state index in [-0.39, 0.29) is 0 Å². The second kappa shape index (κ2) is 9.93. The topological polar surface area (TPSA) is 94.1 Å². The largest absolute Gasteiger partial charge is 0.489 e. The van der Waals surface area contributed by atoms with Crippen LogP contribution in [0.1, 0.15) is 38.0 Å². The number of carboxylic acids is 1. The van der Waals surface area contributed by atoms with Crippen molar-refractivity contribution in [1.29, 1.82) is 0 Å². The van der Waals surface area contributed by atoms with Crippen molar-refractivity contribution in [2.24, 2.45) is 0 Å². The lowest BCUT2D eigenvalue weighted by atomic mass is 10.0. The molecular formula is C22H27NO6. The van der Waals surface area contributed by atoms with Gasteiger partial charge >= 0.3 is 12.1 Å². The Morgan fingerprint density at radius 2 is 1.66 bits per heavy atom. The zero-order valence-electron chi connectivity index (χ0n) is 17.0. The van der Waals surface area contributed by atoms with E-state index in [0.717, 1.165) is 5.56 Å². The number of hydrogen-bond acceptors (Lipinski definition) is 5. The number of hydrogen-bond donors (Lipinski definition) is 2. The summed E-state index contributed by atoms with van der Waals surface area (Å²) in [6.45, 7) is 5.52. The van der Waals surface area contributed by atoms with E-state index < -0.39 is 29.8 Å². The van der Waals surface area contributed by atoms with Crippen molar-refractivity contribution in [2.75, 3.05) is 7.11 Å². The minimum atomic E-state index is -1.31. The van der Waals surface area contributed by atoms with E-state index in [0.29, 0.717) is 17.9 Å². The Bertz CT molecular complexity index is 798. The number of carbonyl (C=O) groups is 2. The fourth-order valence-corrected chi connectivity index (χ4v) is 2.66. The number of nitrogens with one attached hydrogen (secondary N) is 1. The van der Waals surface area contributed by atoms with Crippen LogP contribution in [-0.4, -0.2) is 35.9 Å². The Morgan fingerprint density at radius 3 is 2.17 bits per heavy atom. The van der Waals surface area contributed by atoms with Gasteiger partial charge in [-0.1, -0.05) is 42.5 Å². The Hall–Kier alpha value is -3.06. The van der Waals surface area contributed by atoms with Crippen molar-refractivity contribution in [3.05, 3.63) is 65.7 Å². The third kappa shape index (κ3) is 7.12. The molecule has 7 nitrogen and oxygen atoms in total. The molecule has 0 fully saturated rings. The van der Waals surface area contributed by atoms with Crippen LogP contribution in [0, 0.1) is 0 Å². The highest BCUT2D eigenvalue weighted by atomic mass is 16.6. The summed E-state index contributed by atoms with van der Waals surface area (Å²) in [5, 5.41) is 11.9. The van der Waals surface area contributed by atoms with Gasteiger partial charge in [-0.05, 0) is 44.0 Å². The second-order valence-electron chi connectivity index (χ2n) is 7.46. The smallest absolute Gasteiger partial charge is 0.408 e. The summed E-state index contributed by atoms with van der Waals surface area (Å²) in [4.78, 5) is 23.8. The number of carboxylic acid groups (broad SMARTS) is 1. The van der Waals surface area contributed by atoms with Crippen LogP contribution in [0.3, 0.4) is 0 Å². The van der Waals surface area contributed by atoms with E-state index >= 15 is 0 Å². The molecule has 29 heavy (non-hydrogen) atoms. The SMILES string of the molecule is CO[C@H](c1ccc(OCc2ccccc2)cc1)[C@H](NC(=O)OC(C)(C)C)C(=O)O. The molecule has 2 aromatic carbocycles. The number of methoxy groups -OCH3 is 1. The summed E-state index contributed by atoms with van der Waals surface area (Å²) in [6, 6.07) is 15.3. The van der Waals surface area contributed by atoms with Crippen LogP contribution in [0.4, 0.5) is 4.79 Å². The molecule has 0 aromatic heterocycles. The number of benzene rings is 2. The van der Waals surface area contributed by atoms with Gasteiger partial charge in [0.15, 0.2) is 6.04 Å². The first-order valence-corrected chi connectivity index (χ1v) is 9.21. The quantitative estimate of drug-likeness (QED) is 0.696. The summed E-state index contributed by atoms with van der Waals surface area (Å²) < 4.78 is 16.3. The van der Waals surface area contributed by atoms with E-state index in [1.54, 1.807) is 45.0 Å². The molecule has 0 unspecified atom stereocenters. The van der Waals surface area contributed by atoms with Crippen molar-refractivity contribution in [1.82, 2.24) is 5.32 Å². The van der Waals surface area contributed by atoms with Crippen molar-refractivity contribution < 1.29 is 28.9 Å². The van der Waals surface area contributed by atoms with Crippen molar-refractivity contribution in [3.63, 3.8) is 0 Å². The molecule has 156 valence electrons. The van der Waals surface area contributed by atoms with Crippen molar-refractivity contribution in [2.45, 2.75) is 45.1 Å². The molecule has 0 saturated heterocycles. The van der Waals surface area contributed by atoms with Crippen LogP contribution in [0.2, 0.25) is 0 Å². The molecule has 0 radical (unpaired) electrons. The Morgan fingerprint density at radius 1 is 1.03 bits per heavy atom. The Balaban J connectivity index is 2.07. The summed E-state index contributed by atoms with van der Waals surface area (Å²) in [7, 11) is 1.39. The maximum atomic E-state index is 12.0.